The molecule has 5 nitrogen and oxygen atoms in total. The summed E-state index contributed by atoms with van der Waals surface area (Å²) < 4.78 is 1.31. The van der Waals surface area contributed by atoms with Crippen molar-refractivity contribution in [3.63, 3.8) is 0 Å². The molecule has 1 aromatic heterocycles. The molecule has 2 radical (unpaired) electrons. The van der Waals surface area contributed by atoms with Gasteiger partial charge in [-0.3, -0.25) is 14.9 Å². The summed E-state index contributed by atoms with van der Waals surface area (Å²) in [6.07, 6.45) is 1.50. The maximum Gasteiger partial charge on any atom is 0.270 e. The van der Waals surface area contributed by atoms with Crippen LogP contribution in [0.4, 0.5) is 5.69 Å². The zero-order valence-electron chi connectivity index (χ0n) is 8.51. The largest absolute Gasteiger partial charge is 0.319 e. The molecule has 6 heteroatoms. The molecule has 78 valence electrons. The first kappa shape index (κ1) is 10.4. The fraction of sp³-hybridized carbons (Fsp3) is 0.100. The number of pyridine rings is 1. The molecule has 0 fully saturated rings. The Labute approximate surface area is 91.9 Å². The van der Waals surface area contributed by atoms with E-state index in [9.17, 15) is 14.9 Å². The van der Waals surface area contributed by atoms with Crippen LogP contribution in [-0.4, -0.2) is 17.3 Å². The third-order valence-electron chi connectivity index (χ3n) is 2.41. The maximum atomic E-state index is 11.7. The highest BCUT2D eigenvalue weighted by Gasteiger charge is 2.10. The number of nitro groups is 1. The molecule has 0 aliphatic heterocycles. The molecule has 0 saturated heterocycles. The topological polar surface area (TPSA) is 65.1 Å². The molecule has 0 unspecified atom stereocenters. The molecule has 0 saturated carbocycles. The van der Waals surface area contributed by atoms with Crippen molar-refractivity contribution in [3.05, 3.63) is 44.9 Å². The van der Waals surface area contributed by atoms with Crippen LogP contribution < -0.4 is 11.0 Å². The third-order valence-corrected chi connectivity index (χ3v) is 2.41. The van der Waals surface area contributed by atoms with E-state index >= 15 is 0 Å². The van der Waals surface area contributed by atoms with Crippen molar-refractivity contribution in [1.29, 1.82) is 0 Å². The fourth-order valence-corrected chi connectivity index (χ4v) is 1.60. The Morgan fingerprint density at radius 3 is 2.69 bits per heavy atom. The van der Waals surface area contributed by atoms with Crippen LogP contribution >= 0.6 is 0 Å². The molecule has 2 aromatic rings. The van der Waals surface area contributed by atoms with E-state index in [0.29, 0.717) is 10.8 Å². The van der Waals surface area contributed by atoms with Gasteiger partial charge in [0.25, 0.3) is 11.2 Å². The van der Waals surface area contributed by atoms with Gasteiger partial charge in [-0.05, 0) is 11.5 Å². The van der Waals surface area contributed by atoms with Gasteiger partial charge in [0.2, 0.25) is 0 Å². The zero-order chi connectivity index (χ0) is 11.9. The Balaban J connectivity index is 2.92. The van der Waals surface area contributed by atoms with Gasteiger partial charge in [0.05, 0.1) is 10.3 Å². The number of hydrogen-bond donors (Lipinski definition) is 0. The summed E-state index contributed by atoms with van der Waals surface area (Å²) >= 11 is 0. The van der Waals surface area contributed by atoms with Crippen LogP contribution in [0.25, 0.3) is 10.8 Å². The average molecular weight is 214 g/mol. The van der Waals surface area contributed by atoms with Crippen LogP contribution in [0.5, 0.6) is 0 Å². The molecule has 0 spiro atoms. The van der Waals surface area contributed by atoms with Gasteiger partial charge < -0.3 is 4.57 Å². The second kappa shape index (κ2) is 3.48. The van der Waals surface area contributed by atoms with Gasteiger partial charge >= 0.3 is 0 Å². The zero-order valence-corrected chi connectivity index (χ0v) is 8.51. The van der Waals surface area contributed by atoms with Gasteiger partial charge in [0.1, 0.15) is 7.85 Å². The molecule has 16 heavy (non-hydrogen) atoms. The summed E-state index contributed by atoms with van der Waals surface area (Å²) in [6.45, 7) is 0. The standard InChI is InChI=1S/C10H7BN2O3/c1-12-5-9(11)7-3-2-6(13(15)16)4-8(7)10(12)14/h2-5H,1H3. The Hall–Kier alpha value is -2.11. The first-order chi connectivity index (χ1) is 7.50. The van der Waals surface area contributed by atoms with Crippen LogP contribution in [0.1, 0.15) is 0 Å². The lowest BCUT2D eigenvalue weighted by molar-refractivity contribution is -0.384. The smallest absolute Gasteiger partial charge is 0.270 e. The summed E-state index contributed by atoms with van der Waals surface area (Å²) in [5, 5.41) is 11.4. The highest BCUT2D eigenvalue weighted by atomic mass is 16.6. The van der Waals surface area contributed by atoms with Crippen molar-refractivity contribution in [1.82, 2.24) is 4.57 Å². The predicted octanol–water partition coefficient (Wildman–Crippen LogP) is 0.240. The van der Waals surface area contributed by atoms with E-state index in [1.165, 1.54) is 29.0 Å². The number of benzene rings is 1. The highest BCUT2D eigenvalue weighted by molar-refractivity contribution is 6.38. The molecule has 0 bridgehead atoms. The van der Waals surface area contributed by atoms with Gasteiger partial charge in [-0.25, -0.2) is 0 Å². The Morgan fingerprint density at radius 2 is 2.06 bits per heavy atom. The lowest BCUT2D eigenvalue weighted by atomic mass is 9.92. The third kappa shape index (κ3) is 1.48. The lowest BCUT2D eigenvalue weighted by Crippen LogP contribution is -2.23. The SMILES string of the molecule is [B]c1cn(C)c(=O)c2cc([N+](=O)[O-])ccc12. The lowest BCUT2D eigenvalue weighted by Gasteiger charge is -2.05. The molecule has 1 aromatic carbocycles. The van der Waals surface area contributed by atoms with E-state index < -0.39 is 4.92 Å². The number of fused-ring (bicyclic) bond motifs is 1. The van der Waals surface area contributed by atoms with E-state index in [-0.39, 0.29) is 16.6 Å². The fourth-order valence-electron chi connectivity index (χ4n) is 1.60. The number of aromatic nitrogens is 1. The summed E-state index contributed by atoms with van der Waals surface area (Å²) in [5.41, 5.74) is 0.00935. The molecule has 0 amide bonds. The molecule has 1 heterocycles. The quantitative estimate of drug-likeness (QED) is 0.388. The molecule has 0 atom stereocenters. The number of aryl methyl sites for hydroxylation is 1. The second-order valence-corrected chi connectivity index (χ2v) is 3.49. The summed E-state index contributed by atoms with van der Waals surface area (Å²) in [7, 11) is 7.28. The normalized spacial score (nSPS) is 10.6. The van der Waals surface area contributed by atoms with Crippen LogP contribution in [0.2, 0.25) is 0 Å². The molecule has 0 N–H and O–H groups in total. The van der Waals surface area contributed by atoms with Crippen molar-refractivity contribution in [3.8, 4) is 0 Å². The predicted molar refractivity (Wildman–Crippen MR) is 61.2 cm³/mol. The van der Waals surface area contributed by atoms with Gasteiger partial charge in [-0.1, -0.05) is 5.46 Å². The van der Waals surface area contributed by atoms with Gasteiger partial charge in [0.15, 0.2) is 0 Å². The molecule has 2 rings (SSSR count). The van der Waals surface area contributed by atoms with Crippen LogP contribution in [0.15, 0.2) is 29.2 Å². The van der Waals surface area contributed by atoms with Gasteiger partial charge in [-0.15, -0.1) is 0 Å². The number of rotatable bonds is 1. The Kier molecular flexibility index (Phi) is 2.27. The van der Waals surface area contributed by atoms with E-state index in [1.54, 1.807) is 7.05 Å². The monoisotopic (exact) mass is 214 g/mol. The molecule has 0 aliphatic carbocycles. The molecular formula is C10H7BN2O3. The van der Waals surface area contributed by atoms with E-state index in [2.05, 4.69) is 0 Å². The van der Waals surface area contributed by atoms with Crippen molar-refractivity contribution < 1.29 is 4.92 Å². The van der Waals surface area contributed by atoms with Gasteiger partial charge in [-0.2, -0.15) is 0 Å². The Bertz CT molecular complexity index is 648. The maximum absolute atomic E-state index is 11.7. The highest BCUT2D eigenvalue weighted by Crippen LogP contribution is 2.16. The minimum absolute atomic E-state index is 0.116. The number of nitro benzene ring substituents is 1. The number of hydrogen-bond acceptors (Lipinski definition) is 3. The summed E-state index contributed by atoms with van der Waals surface area (Å²) in [6, 6.07) is 4.07. The molecule has 0 aliphatic rings. The first-order valence-electron chi connectivity index (χ1n) is 4.54. The van der Waals surface area contributed by atoms with E-state index in [4.69, 9.17) is 7.85 Å². The average Bonchev–Trinajstić information content (AvgIpc) is 2.25. The minimum atomic E-state index is -0.540. The van der Waals surface area contributed by atoms with E-state index in [0.717, 1.165) is 0 Å². The van der Waals surface area contributed by atoms with Gasteiger partial charge in [0, 0.05) is 25.4 Å². The molecular weight excluding hydrogens is 207 g/mol. The second-order valence-electron chi connectivity index (χ2n) is 3.49. The Morgan fingerprint density at radius 1 is 1.38 bits per heavy atom. The van der Waals surface area contributed by atoms with Crippen molar-refractivity contribution in [2.45, 2.75) is 0 Å². The van der Waals surface area contributed by atoms with Crippen LogP contribution in [-0.2, 0) is 7.05 Å². The van der Waals surface area contributed by atoms with Crippen LogP contribution in [0, 0.1) is 10.1 Å². The van der Waals surface area contributed by atoms with Crippen molar-refractivity contribution in [2.75, 3.05) is 0 Å². The van der Waals surface area contributed by atoms with Crippen LogP contribution in [0.3, 0.4) is 0 Å². The minimum Gasteiger partial charge on any atom is -0.319 e. The summed E-state index contributed by atoms with van der Waals surface area (Å²) in [4.78, 5) is 21.8. The number of non-ortho nitro benzene ring substituents is 1. The first-order valence-corrected chi connectivity index (χ1v) is 4.54. The van der Waals surface area contributed by atoms with E-state index in [1.807, 2.05) is 0 Å². The summed E-state index contributed by atoms with van der Waals surface area (Å²) in [5.74, 6) is 0. The number of nitrogens with zero attached hydrogens (tertiary/aromatic N) is 2. The van der Waals surface area contributed by atoms with Crippen molar-refractivity contribution in [2.24, 2.45) is 7.05 Å². The van der Waals surface area contributed by atoms with Crippen molar-refractivity contribution >= 4 is 29.8 Å².